The minimum atomic E-state index is 0.280. The molecule has 0 saturated heterocycles. The van der Waals surface area contributed by atoms with E-state index >= 15 is 0 Å². The molecule has 1 aromatic heterocycles. The van der Waals surface area contributed by atoms with Crippen LogP contribution < -0.4 is 14.4 Å². The van der Waals surface area contributed by atoms with Crippen molar-refractivity contribution in [3.05, 3.63) is 40.6 Å². The van der Waals surface area contributed by atoms with Gasteiger partial charge < -0.3 is 19.1 Å². The van der Waals surface area contributed by atoms with Gasteiger partial charge in [0.15, 0.2) is 11.5 Å². The molecule has 116 valence electrons. The van der Waals surface area contributed by atoms with Crippen molar-refractivity contribution in [3.8, 4) is 11.5 Å². The van der Waals surface area contributed by atoms with E-state index < -0.39 is 0 Å². The van der Waals surface area contributed by atoms with Crippen molar-refractivity contribution >= 4 is 21.9 Å². The summed E-state index contributed by atoms with van der Waals surface area (Å²) >= 11 is 3.35. The third kappa shape index (κ3) is 3.48. The molecule has 2 aromatic rings. The van der Waals surface area contributed by atoms with E-state index in [1.165, 1.54) is 0 Å². The SMILES string of the molecule is COCCN(Cc1ccc2c(c1)OCO2)c1ncc(Br)cn1. The van der Waals surface area contributed by atoms with Crippen LogP contribution in [0.1, 0.15) is 5.56 Å². The fourth-order valence-electron chi connectivity index (χ4n) is 2.18. The lowest BCUT2D eigenvalue weighted by atomic mass is 10.2. The van der Waals surface area contributed by atoms with Crippen LogP contribution in [0.5, 0.6) is 11.5 Å². The zero-order chi connectivity index (χ0) is 15.4. The number of rotatable bonds is 6. The number of halogens is 1. The molecule has 1 aliphatic heterocycles. The van der Waals surface area contributed by atoms with Crippen molar-refractivity contribution in [2.24, 2.45) is 0 Å². The van der Waals surface area contributed by atoms with Crippen molar-refractivity contribution in [2.75, 3.05) is 32.0 Å². The lowest BCUT2D eigenvalue weighted by Gasteiger charge is -2.22. The molecule has 6 nitrogen and oxygen atoms in total. The van der Waals surface area contributed by atoms with E-state index in [2.05, 4.69) is 30.8 Å². The summed E-state index contributed by atoms with van der Waals surface area (Å²) in [6.07, 6.45) is 3.48. The first-order valence-corrected chi connectivity index (χ1v) is 7.65. The number of benzene rings is 1. The molecule has 2 heterocycles. The number of anilines is 1. The molecule has 22 heavy (non-hydrogen) atoms. The van der Waals surface area contributed by atoms with E-state index in [4.69, 9.17) is 14.2 Å². The Hall–Kier alpha value is -1.86. The van der Waals surface area contributed by atoms with Gasteiger partial charge in [-0.05, 0) is 33.6 Å². The average molecular weight is 366 g/mol. The number of aromatic nitrogens is 2. The molecule has 0 aliphatic carbocycles. The largest absolute Gasteiger partial charge is 0.454 e. The maximum atomic E-state index is 5.42. The second-order valence-corrected chi connectivity index (χ2v) is 5.72. The average Bonchev–Trinajstić information content (AvgIpc) is 3.00. The quantitative estimate of drug-likeness (QED) is 0.784. The first kappa shape index (κ1) is 15.1. The molecule has 7 heteroatoms. The Morgan fingerprint density at radius 2 is 2.00 bits per heavy atom. The highest BCUT2D eigenvalue weighted by Crippen LogP contribution is 2.33. The number of nitrogens with zero attached hydrogens (tertiary/aromatic N) is 3. The maximum absolute atomic E-state index is 5.42. The highest BCUT2D eigenvalue weighted by Gasteiger charge is 2.16. The molecule has 1 aromatic carbocycles. The van der Waals surface area contributed by atoms with Gasteiger partial charge in [0, 0.05) is 32.6 Å². The van der Waals surface area contributed by atoms with Crippen LogP contribution in [0.4, 0.5) is 5.95 Å². The molecule has 0 bridgehead atoms. The summed E-state index contributed by atoms with van der Waals surface area (Å²) in [7, 11) is 1.68. The molecule has 0 radical (unpaired) electrons. The molecule has 0 spiro atoms. The smallest absolute Gasteiger partial charge is 0.231 e. The van der Waals surface area contributed by atoms with Gasteiger partial charge in [-0.2, -0.15) is 0 Å². The van der Waals surface area contributed by atoms with Gasteiger partial charge in [0.1, 0.15) is 0 Å². The summed E-state index contributed by atoms with van der Waals surface area (Å²) in [4.78, 5) is 10.8. The first-order valence-electron chi connectivity index (χ1n) is 6.86. The number of methoxy groups -OCH3 is 1. The Bertz CT molecular complexity index is 636. The van der Waals surface area contributed by atoms with Gasteiger partial charge in [0.25, 0.3) is 0 Å². The van der Waals surface area contributed by atoms with E-state index in [0.717, 1.165) is 21.5 Å². The van der Waals surface area contributed by atoms with Crippen LogP contribution in [-0.2, 0) is 11.3 Å². The van der Waals surface area contributed by atoms with Crippen molar-refractivity contribution < 1.29 is 14.2 Å². The molecule has 0 saturated carbocycles. The molecule has 0 unspecified atom stereocenters. The predicted molar refractivity (Wildman–Crippen MR) is 85.2 cm³/mol. The molecular formula is C15H16BrN3O3. The normalized spacial score (nSPS) is 12.5. The van der Waals surface area contributed by atoms with Crippen LogP contribution in [0, 0.1) is 0 Å². The van der Waals surface area contributed by atoms with Crippen LogP contribution >= 0.6 is 15.9 Å². The fraction of sp³-hybridized carbons (Fsp3) is 0.333. The second-order valence-electron chi connectivity index (χ2n) is 4.80. The van der Waals surface area contributed by atoms with Gasteiger partial charge in [0.05, 0.1) is 11.1 Å². The highest BCUT2D eigenvalue weighted by atomic mass is 79.9. The standard InChI is InChI=1S/C15H16BrN3O3/c1-20-5-4-19(15-17-7-12(16)8-18-15)9-11-2-3-13-14(6-11)22-10-21-13/h2-3,6-8H,4-5,9-10H2,1H3. The zero-order valence-electron chi connectivity index (χ0n) is 12.2. The number of fused-ring (bicyclic) bond motifs is 1. The van der Waals surface area contributed by atoms with Crippen LogP contribution in [0.2, 0.25) is 0 Å². The van der Waals surface area contributed by atoms with Crippen molar-refractivity contribution in [2.45, 2.75) is 6.54 Å². The predicted octanol–water partition coefficient (Wildman–Crippen LogP) is 2.62. The van der Waals surface area contributed by atoms with Crippen LogP contribution in [-0.4, -0.2) is 37.0 Å². The van der Waals surface area contributed by atoms with E-state index in [0.29, 0.717) is 25.6 Å². The molecule has 0 fully saturated rings. The van der Waals surface area contributed by atoms with Gasteiger partial charge in [-0.1, -0.05) is 6.07 Å². The number of hydrogen-bond acceptors (Lipinski definition) is 6. The summed E-state index contributed by atoms with van der Waals surface area (Å²) in [5, 5.41) is 0. The summed E-state index contributed by atoms with van der Waals surface area (Å²) in [6.45, 7) is 2.25. The lowest BCUT2D eigenvalue weighted by Crippen LogP contribution is -2.28. The Morgan fingerprint density at radius 3 is 2.77 bits per heavy atom. The summed E-state index contributed by atoms with van der Waals surface area (Å²) in [5.74, 6) is 2.23. The van der Waals surface area contributed by atoms with Crippen LogP contribution in [0.15, 0.2) is 35.1 Å². The molecule has 0 N–H and O–H groups in total. The third-order valence-corrected chi connectivity index (χ3v) is 3.67. The van der Waals surface area contributed by atoms with Gasteiger partial charge >= 0.3 is 0 Å². The molecular weight excluding hydrogens is 350 g/mol. The summed E-state index contributed by atoms with van der Waals surface area (Å²) < 4.78 is 16.8. The van der Waals surface area contributed by atoms with Gasteiger partial charge in [-0.3, -0.25) is 0 Å². The number of ether oxygens (including phenoxy) is 3. The van der Waals surface area contributed by atoms with Crippen molar-refractivity contribution in [1.29, 1.82) is 0 Å². The maximum Gasteiger partial charge on any atom is 0.231 e. The lowest BCUT2D eigenvalue weighted by molar-refractivity contribution is 0.174. The topological polar surface area (TPSA) is 56.7 Å². The van der Waals surface area contributed by atoms with Crippen LogP contribution in [0.25, 0.3) is 0 Å². The van der Waals surface area contributed by atoms with Gasteiger partial charge in [-0.25, -0.2) is 9.97 Å². The van der Waals surface area contributed by atoms with E-state index in [9.17, 15) is 0 Å². The van der Waals surface area contributed by atoms with Gasteiger partial charge in [0.2, 0.25) is 12.7 Å². The van der Waals surface area contributed by atoms with Crippen molar-refractivity contribution in [1.82, 2.24) is 9.97 Å². The zero-order valence-corrected chi connectivity index (χ0v) is 13.7. The second kappa shape index (κ2) is 6.93. The Labute approximate surface area is 137 Å². The molecule has 0 amide bonds. The van der Waals surface area contributed by atoms with Crippen LogP contribution in [0.3, 0.4) is 0 Å². The summed E-state index contributed by atoms with van der Waals surface area (Å²) in [6, 6.07) is 5.93. The fourth-order valence-corrected chi connectivity index (χ4v) is 2.38. The molecule has 1 aliphatic rings. The van der Waals surface area contributed by atoms with Crippen molar-refractivity contribution in [3.63, 3.8) is 0 Å². The first-order chi connectivity index (χ1) is 10.8. The molecule has 0 atom stereocenters. The Kier molecular flexibility index (Phi) is 4.74. The Morgan fingerprint density at radius 1 is 1.23 bits per heavy atom. The number of hydrogen-bond donors (Lipinski definition) is 0. The van der Waals surface area contributed by atoms with E-state index in [-0.39, 0.29) is 6.79 Å². The minimum absolute atomic E-state index is 0.280. The van der Waals surface area contributed by atoms with E-state index in [1.807, 2.05) is 18.2 Å². The third-order valence-electron chi connectivity index (χ3n) is 3.27. The molecule has 3 rings (SSSR count). The van der Waals surface area contributed by atoms with E-state index in [1.54, 1.807) is 19.5 Å². The minimum Gasteiger partial charge on any atom is -0.454 e. The van der Waals surface area contributed by atoms with Gasteiger partial charge in [-0.15, -0.1) is 0 Å². The highest BCUT2D eigenvalue weighted by molar-refractivity contribution is 9.10. The summed E-state index contributed by atoms with van der Waals surface area (Å²) in [5.41, 5.74) is 1.10. The monoisotopic (exact) mass is 365 g/mol. The Balaban J connectivity index is 1.78.